The van der Waals surface area contributed by atoms with Gasteiger partial charge < -0.3 is 4.90 Å². The van der Waals surface area contributed by atoms with Crippen LogP contribution >= 0.6 is 0 Å². The number of hydrogen-bond acceptors (Lipinski definition) is 3. The zero-order chi connectivity index (χ0) is 18.9. The van der Waals surface area contributed by atoms with Crippen molar-refractivity contribution in [1.82, 2.24) is 9.21 Å². The monoisotopic (exact) mass is 384 g/mol. The van der Waals surface area contributed by atoms with Crippen molar-refractivity contribution in [2.45, 2.75) is 17.1 Å². The van der Waals surface area contributed by atoms with Gasteiger partial charge in [-0.05, 0) is 30.8 Å². The predicted octanol–water partition coefficient (Wildman–Crippen LogP) is 3.38. The van der Waals surface area contributed by atoms with Crippen LogP contribution in [0.5, 0.6) is 0 Å². The molecule has 0 spiro atoms. The maximum Gasteiger partial charge on any atom is 0.416 e. The Balaban J connectivity index is 2.02. The van der Waals surface area contributed by atoms with Crippen molar-refractivity contribution in [3.05, 3.63) is 65.7 Å². The Hall–Kier alpha value is -1.90. The third-order valence-corrected chi connectivity index (χ3v) is 6.39. The summed E-state index contributed by atoms with van der Waals surface area (Å²) >= 11 is 0. The molecule has 0 aliphatic carbocycles. The van der Waals surface area contributed by atoms with Crippen molar-refractivity contribution in [2.75, 3.05) is 26.7 Å². The quantitative estimate of drug-likeness (QED) is 0.815. The van der Waals surface area contributed by atoms with Gasteiger partial charge in [0.1, 0.15) is 0 Å². The van der Waals surface area contributed by atoms with Crippen LogP contribution in [0.1, 0.15) is 17.2 Å². The number of likely N-dealkylation sites (N-methyl/N-ethyl adjacent to an activating group) is 1. The van der Waals surface area contributed by atoms with Gasteiger partial charge in [0, 0.05) is 19.6 Å². The lowest BCUT2D eigenvalue weighted by Gasteiger charge is -2.39. The Morgan fingerprint density at radius 3 is 2.35 bits per heavy atom. The highest BCUT2D eigenvalue weighted by atomic mass is 32.2. The fraction of sp³-hybridized carbons (Fsp3) is 0.333. The van der Waals surface area contributed by atoms with Gasteiger partial charge in [0.15, 0.2) is 0 Å². The molecule has 1 fully saturated rings. The number of rotatable bonds is 3. The molecule has 1 saturated heterocycles. The van der Waals surface area contributed by atoms with Crippen molar-refractivity contribution in [2.24, 2.45) is 0 Å². The molecule has 140 valence electrons. The first-order valence-electron chi connectivity index (χ1n) is 8.12. The molecule has 0 aromatic heterocycles. The Labute approximate surface area is 150 Å². The smallest absolute Gasteiger partial charge is 0.303 e. The average molecular weight is 384 g/mol. The minimum atomic E-state index is -4.59. The minimum Gasteiger partial charge on any atom is -0.303 e. The third-order valence-electron chi connectivity index (χ3n) is 4.49. The van der Waals surface area contributed by atoms with Gasteiger partial charge >= 0.3 is 6.18 Å². The summed E-state index contributed by atoms with van der Waals surface area (Å²) in [5.74, 6) is 0. The van der Waals surface area contributed by atoms with Crippen LogP contribution in [0.15, 0.2) is 59.5 Å². The standard InChI is InChI=1S/C18H19F3N2O2S/c1-22-10-11-23(17(13-22)14-6-3-2-4-7-14)26(24,25)16-9-5-8-15(12-16)18(19,20)21/h2-9,12,17H,10-11,13H2,1H3. The zero-order valence-electron chi connectivity index (χ0n) is 14.1. The van der Waals surface area contributed by atoms with E-state index in [9.17, 15) is 21.6 Å². The van der Waals surface area contributed by atoms with E-state index < -0.39 is 27.8 Å². The molecule has 0 bridgehead atoms. The molecule has 1 aliphatic heterocycles. The second-order valence-corrected chi connectivity index (χ2v) is 8.22. The van der Waals surface area contributed by atoms with Gasteiger partial charge in [-0.3, -0.25) is 0 Å². The van der Waals surface area contributed by atoms with Crippen LogP contribution in [0, 0.1) is 0 Å². The number of benzene rings is 2. The van der Waals surface area contributed by atoms with E-state index in [-0.39, 0.29) is 11.4 Å². The molecule has 2 aromatic carbocycles. The average Bonchev–Trinajstić information content (AvgIpc) is 2.61. The lowest BCUT2D eigenvalue weighted by atomic mass is 10.1. The molecule has 2 aromatic rings. The first kappa shape index (κ1) is 18.9. The Kier molecular flexibility index (Phi) is 5.09. The number of halogens is 3. The van der Waals surface area contributed by atoms with E-state index in [1.54, 1.807) is 0 Å². The van der Waals surface area contributed by atoms with E-state index in [1.807, 2.05) is 42.3 Å². The van der Waals surface area contributed by atoms with E-state index >= 15 is 0 Å². The Bertz CT molecular complexity index is 870. The Morgan fingerprint density at radius 2 is 1.69 bits per heavy atom. The molecule has 0 radical (unpaired) electrons. The highest BCUT2D eigenvalue weighted by molar-refractivity contribution is 7.89. The van der Waals surface area contributed by atoms with Gasteiger partial charge in [-0.25, -0.2) is 8.42 Å². The van der Waals surface area contributed by atoms with Gasteiger partial charge in [-0.15, -0.1) is 0 Å². The largest absolute Gasteiger partial charge is 0.416 e. The highest BCUT2D eigenvalue weighted by Gasteiger charge is 2.37. The maximum absolute atomic E-state index is 13.1. The molecule has 1 aliphatic rings. The number of sulfonamides is 1. The molecule has 4 nitrogen and oxygen atoms in total. The lowest BCUT2D eigenvalue weighted by Crippen LogP contribution is -2.49. The molecular formula is C18H19F3N2O2S. The number of piperazine rings is 1. The molecule has 0 saturated carbocycles. The van der Waals surface area contributed by atoms with Crippen molar-refractivity contribution < 1.29 is 21.6 Å². The van der Waals surface area contributed by atoms with Crippen molar-refractivity contribution in [3.63, 3.8) is 0 Å². The molecule has 26 heavy (non-hydrogen) atoms. The summed E-state index contributed by atoms with van der Waals surface area (Å²) in [5.41, 5.74) is -0.154. The van der Waals surface area contributed by atoms with E-state index in [2.05, 4.69) is 0 Å². The first-order valence-corrected chi connectivity index (χ1v) is 9.56. The summed E-state index contributed by atoms with van der Waals surface area (Å²) in [6.07, 6.45) is -4.59. The van der Waals surface area contributed by atoms with Crippen molar-refractivity contribution in [3.8, 4) is 0 Å². The second kappa shape index (κ2) is 7.02. The summed E-state index contributed by atoms with van der Waals surface area (Å²) < 4.78 is 66.4. The highest BCUT2D eigenvalue weighted by Crippen LogP contribution is 2.34. The summed E-state index contributed by atoms with van der Waals surface area (Å²) in [6, 6.07) is 12.6. The lowest BCUT2D eigenvalue weighted by molar-refractivity contribution is -0.137. The summed E-state index contributed by atoms with van der Waals surface area (Å²) in [4.78, 5) is 1.67. The number of hydrogen-bond donors (Lipinski definition) is 0. The predicted molar refractivity (Wildman–Crippen MR) is 92.0 cm³/mol. The summed E-state index contributed by atoms with van der Waals surface area (Å²) in [6.45, 7) is 1.21. The van der Waals surface area contributed by atoms with Gasteiger partial charge in [-0.1, -0.05) is 36.4 Å². The molecule has 0 amide bonds. The van der Waals surface area contributed by atoms with E-state index in [0.717, 1.165) is 17.7 Å². The Morgan fingerprint density at radius 1 is 1.00 bits per heavy atom. The zero-order valence-corrected chi connectivity index (χ0v) is 15.0. The fourth-order valence-corrected chi connectivity index (χ4v) is 4.75. The van der Waals surface area contributed by atoms with Crippen LogP contribution in [0.2, 0.25) is 0 Å². The van der Waals surface area contributed by atoms with Crippen LogP contribution in [-0.4, -0.2) is 44.3 Å². The molecule has 1 unspecified atom stereocenters. The topological polar surface area (TPSA) is 40.6 Å². The van der Waals surface area contributed by atoms with E-state index in [4.69, 9.17) is 0 Å². The number of alkyl halides is 3. The van der Waals surface area contributed by atoms with Gasteiger partial charge in [0.25, 0.3) is 0 Å². The molecule has 0 N–H and O–H groups in total. The van der Waals surface area contributed by atoms with Crippen molar-refractivity contribution in [1.29, 1.82) is 0 Å². The molecule has 1 heterocycles. The molecule has 1 atom stereocenters. The SMILES string of the molecule is CN1CCN(S(=O)(=O)c2cccc(C(F)(F)F)c2)C(c2ccccc2)C1. The first-order chi connectivity index (χ1) is 12.2. The van der Waals surface area contributed by atoms with Gasteiger partial charge in [0.05, 0.1) is 16.5 Å². The van der Waals surface area contributed by atoms with Crippen LogP contribution < -0.4 is 0 Å². The third kappa shape index (κ3) is 3.77. The van der Waals surface area contributed by atoms with Gasteiger partial charge in [-0.2, -0.15) is 17.5 Å². The molecule has 3 rings (SSSR count). The van der Waals surface area contributed by atoms with Gasteiger partial charge in [0.2, 0.25) is 10.0 Å². The van der Waals surface area contributed by atoms with Crippen LogP contribution in [0.4, 0.5) is 13.2 Å². The molecular weight excluding hydrogens is 365 g/mol. The van der Waals surface area contributed by atoms with E-state index in [1.165, 1.54) is 10.4 Å². The minimum absolute atomic E-state index is 0.217. The second-order valence-electron chi connectivity index (χ2n) is 6.33. The molecule has 8 heteroatoms. The summed E-state index contributed by atoms with van der Waals surface area (Å²) in [5, 5.41) is 0. The fourth-order valence-electron chi connectivity index (χ4n) is 3.11. The van der Waals surface area contributed by atoms with Crippen molar-refractivity contribution >= 4 is 10.0 Å². The maximum atomic E-state index is 13.1. The summed E-state index contributed by atoms with van der Waals surface area (Å²) in [7, 11) is -2.17. The van der Waals surface area contributed by atoms with Crippen LogP contribution in [0.3, 0.4) is 0 Å². The van der Waals surface area contributed by atoms with Crippen LogP contribution in [-0.2, 0) is 16.2 Å². The number of nitrogens with zero attached hydrogens (tertiary/aromatic N) is 2. The normalized spacial score (nSPS) is 20.2. The van der Waals surface area contributed by atoms with E-state index in [0.29, 0.717) is 19.2 Å². The van der Waals surface area contributed by atoms with Crippen LogP contribution in [0.25, 0.3) is 0 Å².